The van der Waals surface area contributed by atoms with Gasteiger partial charge in [-0.15, -0.1) is 29.7 Å². The van der Waals surface area contributed by atoms with Crippen LogP contribution in [0.3, 0.4) is 0 Å². The van der Waals surface area contributed by atoms with Crippen molar-refractivity contribution in [2.45, 2.75) is 85.4 Å². The van der Waals surface area contributed by atoms with Crippen molar-refractivity contribution in [1.29, 1.82) is 0 Å². The Morgan fingerprint density at radius 3 is 1.67 bits per heavy atom. The van der Waals surface area contributed by atoms with Crippen LogP contribution in [0.15, 0.2) is 254 Å². The molecule has 0 bridgehead atoms. The van der Waals surface area contributed by atoms with Crippen LogP contribution < -0.4 is 9.30 Å². The zero-order valence-electron chi connectivity index (χ0n) is 77.0. The molecule has 3 heterocycles. The van der Waals surface area contributed by atoms with Gasteiger partial charge in [-0.25, -0.2) is 4.98 Å². The summed E-state index contributed by atoms with van der Waals surface area (Å²) in [6.07, 6.45) is 4.77. The molecule has 0 radical (unpaired) electrons. The summed E-state index contributed by atoms with van der Waals surface area (Å²) in [5, 5.41) is 1.36. The van der Waals surface area contributed by atoms with Gasteiger partial charge in [0, 0.05) is 54.0 Å². The average Bonchev–Trinajstić information content (AvgIpc) is 1.63. The van der Waals surface area contributed by atoms with Crippen molar-refractivity contribution in [1.82, 2.24) is 14.1 Å². The van der Waals surface area contributed by atoms with Gasteiger partial charge >= 0.3 is 0 Å². The van der Waals surface area contributed by atoms with Gasteiger partial charge in [0.25, 0.3) is 6.33 Å². The van der Waals surface area contributed by atoms with Gasteiger partial charge in [0.15, 0.2) is 0 Å². The van der Waals surface area contributed by atoms with Crippen molar-refractivity contribution in [3.05, 3.63) is 295 Å². The Bertz CT molecular complexity index is 6360. The second kappa shape index (κ2) is 23.9. The minimum atomic E-state index is -2.90. The molecule has 14 aromatic rings. The molecule has 0 saturated heterocycles. The number of aromatic nitrogens is 4. The molecule has 14 rings (SSSR count). The number of ether oxygens (including phenoxy) is 1. The molecular formula is C85H72N4OPt-2. The largest absolute Gasteiger partial charge is 0.510 e. The smallest absolute Gasteiger partial charge is 0.268 e. The minimum absolute atomic E-state index is 0. The monoisotopic (exact) mass is 1390 g/mol. The number of nitrogens with zero attached hydrogens (tertiary/aromatic N) is 4. The summed E-state index contributed by atoms with van der Waals surface area (Å²) in [5.41, 5.74) is -0.693. The number of pyridine rings is 1. The van der Waals surface area contributed by atoms with Crippen molar-refractivity contribution in [2.75, 3.05) is 0 Å². The van der Waals surface area contributed by atoms with Crippen LogP contribution in [0.5, 0.6) is 11.5 Å². The number of para-hydroxylation sites is 1. The predicted molar refractivity (Wildman–Crippen MR) is 373 cm³/mol. The minimum Gasteiger partial charge on any atom is -0.510 e. The second-order valence-electron chi connectivity index (χ2n) is 25.0. The molecule has 11 aromatic carbocycles. The van der Waals surface area contributed by atoms with E-state index in [-0.39, 0.29) is 99.5 Å². The Morgan fingerprint density at radius 1 is 0.473 bits per heavy atom. The number of hydrogen-bond donors (Lipinski definition) is 0. The van der Waals surface area contributed by atoms with Crippen molar-refractivity contribution in [3.8, 4) is 95.5 Å². The summed E-state index contributed by atoms with van der Waals surface area (Å²) in [7, 11) is 0. The van der Waals surface area contributed by atoms with Crippen LogP contribution in [0.25, 0.3) is 117 Å². The molecule has 3 aromatic heterocycles. The number of hydrogen-bond acceptors (Lipinski definition) is 2. The summed E-state index contributed by atoms with van der Waals surface area (Å²) >= 11 is 0. The maximum Gasteiger partial charge on any atom is 0.268 e. The first-order valence-electron chi connectivity index (χ1n) is 42.1. The second-order valence-corrected chi connectivity index (χ2v) is 25.0. The zero-order valence-corrected chi connectivity index (χ0v) is 53.3. The van der Waals surface area contributed by atoms with Gasteiger partial charge in [0.05, 0.1) is 48.2 Å². The summed E-state index contributed by atoms with van der Waals surface area (Å²) in [4.78, 5) is 4.72. The molecule has 0 aliphatic carbocycles. The Morgan fingerprint density at radius 2 is 1.05 bits per heavy atom. The number of fused-ring (bicyclic) bond motifs is 4. The van der Waals surface area contributed by atoms with E-state index in [1.165, 1.54) is 18.3 Å². The van der Waals surface area contributed by atoms with E-state index in [0.717, 1.165) is 22.3 Å². The summed E-state index contributed by atoms with van der Waals surface area (Å²) in [5.74, 6) is 0.332. The first kappa shape index (κ1) is 36.9. The molecule has 0 aliphatic heterocycles. The molecule has 6 heteroatoms. The van der Waals surface area contributed by atoms with Crippen LogP contribution in [-0.4, -0.2) is 14.1 Å². The van der Waals surface area contributed by atoms with Crippen LogP contribution in [0.4, 0.5) is 0 Å². The van der Waals surface area contributed by atoms with Crippen molar-refractivity contribution in [3.63, 3.8) is 0 Å². The maximum absolute atomic E-state index is 10.6. The van der Waals surface area contributed by atoms with E-state index in [2.05, 4.69) is 78.2 Å². The van der Waals surface area contributed by atoms with E-state index in [9.17, 15) is 12.3 Å². The van der Waals surface area contributed by atoms with Gasteiger partial charge in [-0.05, 0) is 160 Å². The topological polar surface area (TPSA) is 35.9 Å². The molecule has 0 amide bonds. The van der Waals surface area contributed by atoms with E-state index < -0.39 is 179 Å². The summed E-state index contributed by atoms with van der Waals surface area (Å²) in [6, 6.07) is 21.0. The fraction of sp³-hybridized carbons (Fsp3) is 0.153. The van der Waals surface area contributed by atoms with E-state index >= 15 is 0 Å². The molecule has 91 heavy (non-hydrogen) atoms. The van der Waals surface area contributed by atoms with E-state index in [1.54, 1.807) is 62.2 Å². The standard InChI is InChI=1S/C85H72N4O.Pt/c1-56-42-81(86-54-75(56)60-32-21-14-22-33-60)89-77-37-24-23-36-72(77)73-40-39-71(53-79(73)89)90-70-35-25-34-69(52-70)87-55-88(78-41-38-61(50-80(78)87)64-46-67(83(2,3)4)51-68(47-64)84(5,6)7)82-74(48-65(49-76(82)85(8,9)10)59-30-19-13-20-31-59)66-44-62(57-26-15-11-16-27-57)43-63(45-66)58-28-17-12-18-29-58;/h11-51,54H,1-10H3;/q-2;/i1D3,11D,12D,13D,14D,15D,16D,17D,18D,19D,20D,21D,22D,26D,27D,28D,29D,30D,31D,32D,33D,43D,44D,45D;. The molecule has 0 unspecified atom stereocenters. The van der Waals surface area contributed by atoms with E-state index in [4.69, 9.17) is 33.0 Å². The molecular weight excluding hydrogens is 1290 g/mol. The van der Waals surface area contributed by atoms with Crippen molar-refractivity contribution in [2.24, 2.45) is 0 Å². The Labute approximate surface area is 586 Å². The van der Waals surface area contributed by atoms with Crippen LogP contribution >= 0.6 is 0 Å². The maximum atomic E-state index is 10.6. The van der Waals surface area contributed by atoms with Gasteiger partial charge in [-0.3, -0.25) is 4.57 Å². The van der Waals surface area contributed by atoms with Gasteiger partial charge in [0.1, 0.15) is 5.82 Å². The third-order valence-electron chi connectivity index (χ3n) is 15.8. The molecule has 0 spiro atoms. The fourth-order valence-electron chi connectivity index (χ4n) is 11.1. The molecule has 450 valence electrons. The van der Waals surface area contributed by atoms with Gasteiger partial charge in [0.2, 0.25) is 0 Å². The SMILES string of the molecule is [2H]c1c([2H])c([2H])c(-c2cc(-c3c([2H])c(-c4c([2H])c([2H])c([2H])c([2H])c4[2H])c([2H])c(-c4c([2H])c([2H])c([2H])c([2H])c4[2H])c3[2H])c(-[n+]3[c-]n(-c4[c-]c(Oc5[c-]c6c(cc5)c5ccccc5n6-c5cc(C([2H])([2H])[2H])c(-c6c([2H])c([2H])c([2H])c([2H])c6[2H])cn5)ccc4)c4cc(-c5cc(C(C)(C)C)cc(C(C)(C)C)c5)ccc43)c(C(C)(C)C)c2)c([2H])c1[2H].[Pt]. The van der Waals surface area contributed by atoms with Crippen LogP contribution in [-0.2, 0) is 37.3 Å². The Balaban J connectivity index is 0.0000119. The first-order valence-corrected chi connectivity index (χ1v) is 29.1. The average molecular weight is 1390 g/mol. The molecule has 0 fully saturated rings. The van der Waals surface area contributed by atoms with E-state index in [0.29, 0.717) is 32.8 Å². The van der Waals surface area contributed by atoms with Crippen molar-refractivity contribution >= 4 is 32.8 Å². The summed E-state index contributed by atoms with van der Waals surface area (Å²) in [6.45, 7) is 15.3. The first-order chi connectivity index (χ1) is 54.2. The molecule has 0 atom stereocenters. The Kier molecular flexibility index (Phi) is 9.69. The fourth-order valence-corrected chi connectivity index (χ4v) is 11.1. The molecule has 0 aliphatic rings. The Hall–Kier alpha value is -9.67. The quantitative estimate of drug-likeness (QED) is 0.0956. The summed E-state index contributed by atoms with van der Waals surface area (Å²) < 4.78 is 248. The normalized spacial score (nSPS) is 16.1. The zero-order chi connectivity index (χ0) is 84.6. The van der Waals surface area contributed by atoms with Crippen LogP contribution in [0.2, 0.25) is 0 Å². The number of benzene rings is 11. The van der Waals surface area contributed by atoms with Crippen molar-refractivity contribution < 1.29 is 66.0 Å². The number of rotatable bonds is 11. The van der Waals surface area contributed by atoms with Crippen LogP contribution in [0.1, 0.15) is 120 Å². The van der Waals surface area contributed by atoms with Crippen LogP contribution in [0, 0.1) is 25.3 Å². The molecule has 0 N–H and O–H groups in total. The molecule has 0 saturated carbocycles. The van der Waals surface area contributed by atoms with E-state index in [1.807, 2.05) is 51.1 Å². The number of imidazole rings is 1. The third-order valence-corrected chi connectivity index (χ3v) is 15.8. The predicted octanol–water partition coefficient (Wildman–Crippen LogP) is 21.8. The van der Waals surface area contributed by atoms with Gasteiger partial charge in [-0.1, -0.05) is 243 Å². The third kappa shape index (κ3) is 11.8. The van der Waals surface area contributed by atoms with Gasteiger partial charge < -0.3 is 13.9 Å². The van der Waals surface area contributed by atoms with Gasteiger partial charge in [-0.2, -0.15) is 18.2 Å². The number of aryl methyl sites for hydroxylation is 1. The molecule has 5 nitrogen and oxygen atoms in total.